The number of carbonyl (C=O) groups is 2. The molecule has 1 unspecified atom stereocenters. The average molecular weight is 242 g/mol. The first-order valence-electron chi connectivity index (χ1n) is 4.90. The van der Waals surface area contributed by atoms with Gasteiger partial charge >= 0.3 is 63.3 Å². The van der Waals surface area contributed by atoms with Crippen molar-refractivity contribution in [3.8, 4) is 0 Å². The van der Waals surface area contributed by atoms with Gasteiger partial charge in [0.05, 0.1) is 0 Å². The van der Waals surface area contributed by atoms with E-state index in [4.69, 9.17) is 10.2 Å². The van der Waals surface area contributed by atoms with Crippen LogP contribution in [0.3, 0.4) is 0 Å². The molecular weight excluding hydrogens is 223 g/mol. The molecule has 0 rings (SSSR count). The molecule has 0 fully saturated rings. The van der Waals surface area contributed by atoms with Crippen molar-refractivity contribution in [1.29, 1.82) is 0 Å². The normalized spacial score (nSPS) is 12.7. The molecule has 0 spiro atoms. The maximum absolute atomic E-state index is 11.1. The van der Waals surface area contributed by atoms with Crippen LogP contribution in [-0.4, -0.2) is 22.2 Å². The fourth-order valence-electron chi connectivity index (χ4n) is 1.72. The summed E-state index contributed by atoms with van der Waals surface area (Å²) < 4.78 is 0. The van der Waals surface area contributed by atoms with Gasteiger partial charge in [0.1, 0.15) is 0 Å². The van der Waals surface area contributed by atoms with Crippen LogP contribution >= 0.6 is 0 Å². The molecule has 5 heteroatoms. The van der Waals surface area contributed by atoms with Gasteiger partial charge < -0.3 is 11.6 Å². The molecule has 4 nitrogen and oxygen atoms in total. The molecule has 0 saturated carbocycles. The van der Waals surface area contributed by atoms with Gasteiger partial charge in [-0.25, -0.2) is 0 Å². The Morgan fingerprint density at radius 2 is 1.67 bits per heavy atom. The minimum Gasteiger partial charge on any atom is -1.00 e. The molecule has 0 aromatic heterocycles. The van der Waals surface area contributed by atoms with Crippen LogP contribution in [0.2, 0.25) is 0 Å². The van der Waals surface area contributed by atoms with E-state index < -0.39 is 17.4 Å². The Morgan fingerprint density at radius 3 is 1.87 bits per heavy atom. The molecule has 0 aliphatic carbocycles. The fourth-order valence-corrected chi connectivity index (χ4v) is 1.72. The Balaban J connectivity index is -0.000000845. The van der Waals surface area contributed by atoms with Crippen molar-refractivity contribution in [2.45, 2.75) is 40.0 Å². The van der Waals surface area contributed by atoms with Gasteiger partial charge in [-0.3, -0.25) is 9.59 Å². The number of rotatable bonds is 6. The first-order chi connectivity index (χ1) is 6.43. The van der Waals surface area contributed by atoms with Gasteiger partial charge in [-0.1, -0.05) is 33.6 Å². The van der Waals surface area contributed by atoms with Gasteiger partial charge in [0.15, 0.2) is 5.41 Å². The summed E-state index contributed by atoms with van der Waals surface area (Å²) in [5.74, 6) is -2.79. The molecular formula is C10H19KO4. The second-order valence-electron chi connectivity index (χ2n) is 3.64. The second-order valence-corrected chi connectivity index (χ2v) is 3.64. The third kappa shape index (κ3) is 3.82. The minimum atomic E-state index is -1.61. The quantitative estimate of drug-likeness (QED) is 0.468. The van der Waals surface area contributed by atoms with Gasteiger partial charge in [-0.15, -0.1) is 0 Å². The van der Waals surface area contributed by atoms with E-state index >= 15 is 0 Å². The Morgan fingerprint density at radius 1 is 1.27 bits per heavy atom. The van der Waals surface area contributed by atoms with E-state index in [9.17, 15) is 9.59 Å². The van der Waals surface area contributed by atoms with E-state index in [0.717, 1.165) is 0 Å². The first-order valence-corrected chi connectivity index (χ1v) is 4.90. The van der Waals surface area contributed by atoms with Crippen LogP contribution in [0.5, 0.6) is 0 Å². The van der Waals surface area contributed by atoms with E-state index in [1.165, 1.54) is 0 Å². The average Bonchev–Trinajstić information content (AvgIpc) is 2.11. The maximum atomic E-state index is 11.1. The molecule has 1 atom stereocenters. The SMILES string of the molecule is CCCC(C(=O)O)(C(=O)O)C(C)CC.[H-].[K+]. The summed E-state index contributed by atoms with van der Waals surface area (Å²) in [4.78, 5) is 22.1. The summed E-state index contributed by atoms with van der Waals surface area (Å²) in [6, 6.07) is 0. The number of carboxylic acids is 2. The molecule has 15 heavy (non-hydrogen) atoms. The molecule has 0 aromatic carbocycles. The fraction of sp³-hybridized carbons (Fsp3) is 0.800. The van der Waals surface area contributed by atoms with Gasteiger partial charge in [-0.05, 0) is 12.3 Å². The predicted molar refractivity (Wildman–Crippen MR) is 53.2 cm³/mol. The molecule has 0 aliphatic rings. The Hall–Kier alpha value is 0.576. The molecule has 0 heterocycles. The Labute approximate surface area is 134 Å². The van der Waals surface area contributed by atoms with Crippen LogP contribution in [0.1, 0.15) is 41.5 Å². The van der Waals surface area contributed by atoms with E-state index in [1.807, 2.05) is 0 Å². The van der Waals surface area contributed by atoms with Crippen LogP contribution < -0.4 is 51.4 Å². The standard InChI is InChI=1S/C10H18O4.K.H/c1-4-6-10(8(11)12,9(13)14)7(3)5-2;;/h7H,4-6H2,1-3H3,(H,11,12)(H,13,14);;/q;+1;-1. The van der Waals surface area contributed by atoms with E-state index in [-0.39, 0.29) is 65.1 Å². The van der Waals surface area contributed by atoms with Crippen molar-refractivity contribution >= 4 is 11.9 Å². The minimum absolute atomic E-state index is 0. The molecule has 0 aliphatic heterocycles. The van der Waals surface area contributed by atoms with Crippen LogP contribution in [0.25, 0.3) is 0 Å². The molecule has 0 amide bonds. The van der Waals surface area contributed by atoms with Crippen LogP contribution in [-0.2, 0) is 9.59 Å². The van der Waals surface area contributed by atoms with Crippen molar-refractivity contribution < 1.29 is 72.6 Å². The van der Waals surface area contributed by atoms with Crippen molar-refractivity contribution in [2.24, 2.45) is 11.3 Å². The first kappa shape index (κ1) is 18.0. The number of aliphatic carboxylic acids is 2. The topological polar surface area (TPSA) is 74.6 Å². The largest absolute Gasteiger partial charge is 1.00 e. The zero-order valence-corrected chi connectivity index (χ0v) is 13.0. The Kier molecular flexibility index (Phi) is 9.32. The summed E-state index contributed by atoms with van der Waals surface area (Å²) in [5.41, 5.74) is -1.61. The van der Waals surface area contributed by atoms with Gasteiger partial charge in [0.2, 0.25) is 0 Å². The summed E-state index contributed by atoms with van der Waals surface area (Å²) in [6.07, 6.45) is 1.30. The van der Waals surface area contributed by atoms with E-state index in [0.29, 0.717) is 12.8 Å². The van der Waals surface area contributed by atoms with Crippen molar-refractivity contribution in [2.75, 3.05) is 0 Å². The van der Waals surface area contributed by atoms with Crippen LogP contribution in [0.4, 0.5) is 0 Å². The predicted octanol–water partition coefficient (Wildman–Crippen LogP) is -0.895. The summed E-state index contributed by atoms with van der Waals surface area (Å²) in [5, 5.41) is 18.1. The summed E-state index contributed by atoms with van der Waals surface area (Å²) in [6.45, 7) is 5.28. The number of hydrogen-bond donors (Lipinski definition) is 2. The van der Waals surface area contributed by atoms with E-state index in [2.05, 4.69) is 0 Å². The summed E-state index contributed by atoms with van der Waals surface area (Å²) in [7, 11) is 0. The van der Waals surface area contributed by atoms with Crippen LogP contribution in [0.15, 0.2) is 0 Å². The number of carboxylic acid groups (broad SMARTS) is 2. The second kappa shape index (κ2) is 7.79. The third-order valence-electron chi connectivity index (χ3n) is 2.86. The van der Waals surface area contributed by atoms with Gasteiger partial charge in [-0.2, -0.15) is 0 Å². The molecule has 0 radical (unpaired) electrons. The Bertz CT molecular complexity index is 219. The van der Waals surface area contributed by atoms with Crippen molar-refractivity contribution in [3.63, 3.8) is 0 Å². The molecule has 2 N–H and O–H groups in total. The molecule has 84 valence electrons. The zero-order chi connectivity index (χ0) is 11.4. The molecule has 0 bridgehead atoms. The van der Waals surface area contributed by atoms with Gasteiger partial charge in [0.25, 0.3) is 0 Å². The van der Waals surface area contributed by atoms with Crippen molar-refractivity contribution in [3.05, 3.63) is 0 Å². The van der Waals surface area contributed by atoms with Crippen molar-refractivity contribution in [1.82, 2.24) is 0 Å². The number of hydrogen-bond acceptors (Lipinski definition) is 2. The summed E-state index contributed by atoms with van der Waals surface area (Å²) >= 11 is 0. The zero-order valence-electron chi connectivity index (χ0n) is 10.9. The molecule has 0 aromatic rings. The molecule has 0 saturated heterocycles. The monoisotopic (exact) mass is 242 g/mol. The smallest absolute Gasteiger partial charge is 1.00 e. The van der Waals surface area contributed by atoms with Gasteiger partial charge in [0, 0.05) is 0 Å². The van der Waals surface area contributed by atoms with Crippen LogP contribution in [0, 0.1) is 11.3 Å². The van der Waals surface area contributed by atoms with E-state index in [1.54, 1.807) is 20.8 Å². The third-order valence-corrected chi connectivity index (χ3v) is 2.86. The maximum Gasteiger partial charge on any atom is 1.00 e.